The number of halogens is 1. The molecule has 2 rings (SSSR count). The lowest BCUT2D eigenvalue weighted by Crippen LogP contribution is -2.37. The molecule has 16 heavy (non-hydrogen) atoms. The molecular weight excluding hydrogens is 264 g/mol. The summed E-state index contributed by atoms with van der Waals surface area (Å²) in [6, 6.07) is 6.38. The third kappa shape index (κ3) is 2.42. The molecule has 1 aliphatic carbocycles. The molecule has 1 aromatic rings. The monoisotopic (exact) mass is 282 g/mol. The molecule has 0 N–H and O–H groups in total. The second kappa shape index (κ2) is 4.79. The van der Waals surface area contributed by atoms with Crippen LogP contribution in [0.15, 0.2) is 18.2 Å². The molecule has 88 valence electrons. The molecule has 2 heteroatoms. The van der Waals surface area contributed by atoms with Crippen molar-refractivity contribution in [2.24, 2.45) is 5.41 Å². The molecule has 0 bridgehead atoms. The molecule has 1 aliphatic rings. The molecule has 1 saturated carbocycles. The van der Waals surface area contributed by atoms with E-state index in [1.165, 1.54) is 30.4 Å². The van der Waals surface area contributed by atoms with Crippen LogP contribution in [0.2, 0.25) is 0 Å². The number of ether oxygens (including phenoxy) is 1. The number of rotatable bonds is 4. The Kier molecular flexibility index (Phi) is 3.58. The number of aryl methyl sites for hydroxylation is 2. The zero-order valence-corrected chi connectivity index (χ0v) is 11.6. The smallest absolute Gasteiger partial charge is 0.122 e. The second-order valence-corrected chi connectivity index (χ2v) is 5.61. The molecule has 0 heterocycles. The minimum atomic E-state index is 0.400. The molecule has 0 spiro atoms. The maximum absolute atomic E-state index is 5.96. The Morgan fingerprint density at radius 2 is 2.06 bits per heavy atom. The van der Waals surface area contributed by atoms with Crippen molar-refractivity contribution in [1.82, 2.24) is 0 Å². The molecule has 1 fully saturated rings. The maximum atomic E-state index is 5.96. The van der Waals surface area contributed by atoms with E-state index in [1.54, 1.807) is 0 Å². The summed E-state index contributed by atoms with van der Waals surface area (Å²) < 4.78 is 5.96. The quantitative estimate of drug-likeness (QED) is 0.751. The lowest BCUT2D eigenvalue weighted by molar-refractivity contribution is 0.0834. The standard InChI is InChI=1S/C14H19BrO/c1-11-4-5-13(12(2)8-11)16-10-14(9-15)6-3-7-14/h4-5,8H,3,6-7,9-10H2,1-2H3. The Morgan fingerprint density at radius 1 is 1.31 bits per heavy atom. The SMILES string of the molecule is Cc1ccc(OCC2(CBr)CCC2)c(C)c1. The molecular formula is C14H19BrO. The van der Waals surface area contributed by atoms with Crippen LogP contribution in [-0.2, 0) is 0 Å². The van der Waals surface area contributed by atoms with Gasteiger partial charge in [-0.3, -0.25) is 0 Å². The first-order valence-corrected chi connectivity index (χ1v) is 7.03. The van der Waals surface area contributed by atoms with Crippen LogP contribution >= 0.6 is 15.9 Å². The van der Waals surface area contributed by atoms with Crippen LogP contribution < -0.4 is 4.74 Å². The lowest BCUT2D eigenvalue weighted by atomic mass is 9.71. The molecule has 1 aromatic carbocycles. The number of alkyl halides is 1. The van der Waals surface area contributed by atoms with E-state index in [0.29, 0.717) is 5.41 Å². The highest BCUT2D eigenvalue weighted by molar-refractivity contribution is 9.09. The fraction of sp³-hybridized carbons (Fsp3) is 0.571. The molecule has 1 nitrogen and oxygen atoms in total. The molecule has 0 radical (unpaired) electrons. The average Bonchev–Trinajstić information content (AvgIpc) is 2.19. The van der Waals surface area contributed by atoms with Crippen LogP contribution in [-0.4, -0.2) is 11.9 Å². The third-order valence-electron chi connectivity index (χ3n) is 3.56. The molecule has 0 aromatic heterocycles. The lowest BCUT2D eigenvalue weighted by Gasteiger charge is -2.40. The summed E-state index contributed by atoms with van der Waals surface area (Å²) in [4.78, 5) is 0. The zero-order chi connectivity index (χ0) is 11.6. The highest BCUT2D eigenvalue weighted by Crippen LogP contribution is 2.42. The molecule has 0 saturated heterocycles. The maximum Gasteiger partial charge on any atom is 0.122 e. The summed E-state index contributed by atoms with van der Waals surface area (Å²) in [5, 5.41) is 1.06. The topological polar surface area (TPSA) is 9.23 Å². The van der Waals surface area contributed by atoms with E-state index in [4.69, 9.17) is 4.74 Å². The van der Waals surface area contributed by atoms with E-state index in [-0.39, 0.29) is 0 Å². The summed E-state index contributed by atoms with van der Waals surface area (Å²) >= 11 is 3.61. The Bertz CT molecular complexity index is 363. The number of benzene rings is 1. The highest BCUT2D eigenvalue weighted by atomic mass is 79.9. The first-order valence-electron chi connectivity index (χ1n) is 5.91. The van der Waals surface area contributed by atoms with Gasteiger partial charge in [-0.15, -0.1) is 0 Å². The fourth-order valence-corrected chi connectivity index (χ4v) is 2.91. The Morgan fingerprint density at radius 3 is 2.56 bits per heavy atom. The predicted octanol–water partition coefficient (Wildman–Crippen LogP) is 4.25. The first-order chi connectivity index (χ1) is 7.65. The van der Waals surface area contributed by atoms with Gasteiger partial charge in [0.2, 0.25) is 0 Å². The third-order valence-corrected chi connectivity index (χ3v) is 4.75. The fourth-order valence-electron chi connectivity index (χ4n) is 2.19. The van der Waals surface area contributed by atoms with E-state index in [1.807, 2.05) is 0 Å². The van der Waals surface area contributed by atoms with Crippen molar-refractivity contribution in [3.63, 3.8) is 0 Å². The van der Waals surface area contributed by atoms with Crippen molar-refractivity contribution in [2.45, 2.75) is 33.1 Å². The van der Waals surface area contributed by atoms with Gasteiger partial charge >= 0.3 is 0 Å². The number of hydrogen-bond donors (Lipinski definition) is 0. The van der Waals surface area contributed by atoms with Gasteiger partial charge in [0.1, 0.15) is 5.75 Å². The number of hydrogen-bond acceptors (Lipinski definition) is 1. The molecule has 0 unspecified atom stereocenters. The van der Waals surface area contributed by atoms with Gasteiger partial charge in [0.05, 0.1) is 6.61 Å². The van der Waals surface area contributed by atoms with Crippen molar-refractivity contribution in [3.05, 3.63) is 29.3 Å². The van der Waals surface area contributed by atoms with Crippen molar-refractivity contribution in [3.8, 4) is 5.75 Å². The minimum Gasteiger partial charge on any atom is -0.493 e. The van der Waals surface area contributed by atoms with E-state index in [2.05, 4.69) is 48.0 Å². The van der Waals surface area contributed by atoms with Crippen LogP contribution in [0.1, 0.15) is 30.4 Å². The van der Waals surface area contributed by atoms with Crippen LogP contribution in [0.3, 0.4) is 0 Å². The van der Waals surface area contributed by atoms with E-state index < -0.39 is 0 Å². The summed E-state index contributed by atoms with van der Waals surface area (Å²) in [7, 11) is 0. The van der Waals surface area contributed by atoms with Gasteiger partial charge in [0.15, 0.2) is 0 Å². The van der Waals surface area contributed by atoms with Crippen molar-refractivity contribution >= 4 is 15.9 Å². The Hall–Kier alpha value is -0.500. The van der Waals surface area contributed by atoms with E-state index >= 15 is 0 Å². The molecule has 0 aliphatic heterocycles. The van der Waals surface area contributed by atoms with Crippen molar-refractivity contribution in [2.75, 3.05) is 11.9 Å². The minimum absolute atomic E-state index is 0.400. The summed E-state index contributed by atoms with van der Waals surface area (Å²) in [5.41, 5.74) is 2.94. The van der Waals surface area contributed by atoms with Crippen LogP contribution in [0, 0.1) is 19.3 Å². The van der Waals surface area contributed by atoms with Gasteiger partial charge in [-0.05, 0) is 38.3 Å². The van der Waals surface area contributed by atoms with Gasteiger partial charge in [0, 0.05) is 10.7 Å². The zero-order valence-electron chi connectivity index (χ0n) is 10.1. The van der Waals surface area contributed by atoms with Crippen molar-refractivity contribution in [1.29, 1.82) is 0 Å². The average molecular weight is 283 g/mol. The Balaban J connectivity index is 1.99. The van der Waals surface area contributed by atoms with Crippen LogP contribution in [0.4, 0.5) is 0 Å². The van der Waals surface area contributed by atoms with E-state index in [9.17, 15) is 0 Å². The van der Waals surface area contributed by atoms with Gasteiger partial charge in [-0.2, -0.15) is 0 Å². The van der Waals surface area contributed by atoms with E-state index in [0.717, 1.165) is 17.7 Å². The molecule has 0 atom stereocenters. The van der Waals surface area contributed by atoms with Crippen molar-refractivity contribution < 1.29 is 4.74 Å². The van der Waals surface area contributed by atoms with Gasteiger partial charge in [-0.25, -0.2) is 0 Å². The molecule has 0 amide bonds. The Labute approximate surface area is 106 Å². The van der Waals surface area contributed by atoms with Crippen LogP contribution in [0.5, 0.6) is 5.75 Å². The summed E-state index contributed by atoms with van der Waals surface area (Å²) in [5.74, 6) is 1.04. The summed E-state index contributed by atoms with van der Waals surface area (Å²) in [6.45, 7) is 5.08. The van der Waals surface area contributed by atoms with Gasteiger partial charge in [-0.1, -0.05) is 40.0 Å². The van der Waals surface area contributed by atoms with Gasteiger partial charge < -0.3 is 4.74 Å². The first kappa shape index (κ1) is 12.0. The highest BCUT2D eigenvalue weighted by Gasteiger charge is 2.36. The largest absolute Gasteiger partial charge is 0.493 e. The van der Waals surface area contributed by atoms with Crippen LogP contribution in [0.25, 0.3) is 0 Å². The second-order valence-electron chi connectivity index (χ2n) is 5.04. The predicted molar refractivity (Wildman–Crippen MR) is 71.5 cm³/mol. The van der Waals surface area contributed by atoms with Gasteiger partial charge in [0.25, 0.3) is 0 Å². The normalized spacial score (nSPS) is 17.9. The summed E-state index contributed by atoms with van der Waals surface area (Å²) in [6.07, 6.45) is 3.94.